The van der Waals surface area contributed by atoms with E-state index in [-0.39, 0.29) is 11.2 Å². The summed E-state index contributed by atoms with van der Waals surface area (Å²) in [6.07, 6.45) is 2.06. The summed E-state index contributed by atoms with van der Waals surface area (Å²) in [4.78, 5) is 12.2. The van der Waals surface area contributed by atoms with Crippen molar-refractivity contribution in [1.29, 1.82) is 0 Å². The first-order valence-electron chi connectivity index (χ1n) is 5.93. The van der Waals surface area contributed by atoms with E-state index in [0.717, 1.165) is 30.7 Å². The van der Waals surface area contributed by atoms with E-state index in [1.54, 1.807) is 11.7 Å². The Morgan fingerprint density at radius 2 is 2.00 bits per heavy atom. The average Bonchev–Trinajstić information content (AvgIpc) is 3.13. The summed E-state index contributed by atoms with van der Waals surface area (Å²) >= 11 is 3.28. The molecule has 0 aliphatic heterocycles. The molecule has 0 atom stereocenters. The number of benzene rings is 1. The van der Waals surface area contributed by atoms with Crippen LogP contribution in [0.3, 0.4) is 0 Å². The van der Waals surface area contributed by atoms with Crippen LogP contribution in [0.2, 0.25) is 0 Å². The molecule has 6 heteroatoms. The third-order valence-corrected chi connectivity index (χ3v) is 4.10. The molecule has 0 radical (unpaired) electrons. The van der Waals surface area contributed by atoms with E-state index in [4.69, 9.17) is 0 Å². The molecule has 0 N–H and O–H groups in total. The molecule has 0 bridgehead atoms. The molecule has 1 aromatic heterocycles. The van der Waals surface area contributed by atoms with Crippen LogP contribution in [0.15, 0.2) is 27.5 Å². The van der Waals surface area contributed by atoms with Crippen LogP contribution in [-0.2, 0) is 7.05 Å². The maximum Gasteiger partial charge on any atom is 0.286 e. The van der Waals surface area contributed by atoms with Gasteiger partial charge in [0, 0.05) is 19.0 Å². The van der Waals surface area contributed by atoms with Crippen LogP contribution in [0.1, 0.15) is 24.5 Å². The Hall–Kier alpha value is -1.43. The number of nitrogens with zero attached hydrogens (tertiary/aromatic N) is 2. The van der Waals surface area contributed by atoms with E-state index in [1.165, 1.54) is 10.7 Å². The van der Waals surface area contributed by atoms with E-state index in [1.807, 2.05) is 0 Å². The number of aromatic nitrogens is 2. The van der Waals surface area contributed by atoms with Gasteiger partial charge in [-0.1, -0.05) is 0 Å². The zero-order chi connectivity index (χ0) is 13.7. The van der Waals surface area contributed by atoms with E-state index in [2.05, 4.69) is 15.9 Å². The quantitative estimate of drug-likeness (QED) is 0.832. The van der Waals surface area contributed by atoms with Crippen molar-refractivity contribution in [2.24, 2.45) is 7.05 Å². The Morgan fingerprint density at radius 1 is 1.32 bits per heavy atom. The second-order valence-electron chi connectivity index (χ2n) is 4.71. The Labute approximate surface area is 116 Å². The fraction of sp³-hybridized carbons (Fsp3) is 0.308. The molecular formula is C13H11BrF2N2O. The van der Waals surface area contributed by atoms with Gasteiger partial charge in [-0.2, -0.15) is 0 Å². The lowest BCUT2D eigenvalue weighted by Crippen LogP contribution is -2.21. The summed E-state index contributed by atoms with van der Waals surface area (Å²) in [5.41, 5.74) is 0.602. The summed E-state index contributed by atoms with van der Waals surface area (Å²) in [7, 11) is 1.71. The maximum atomic E-state index is 13.8. The van der Waals surface area contributed by atoms with Crippen LogP contribution in [0.5, 0.6) is 0 Å². The van der Waals surface area contributed by atoms with Gasteiger partial charge in [-0.3, -0.25) is 9.48 Å². The van der Waals surface area contributed by atoms with Gasteiger partial charge in [0.25, 0.3) is 5.56 Å². The minimum atomic E-state index is -0.752. The highest BCUT2D eigenvalue weighted by molar-refractivity contribution is 9.10. The highest BCUT2D eigenvalue weighted by Gasteiger charge is 2.32. The molecule has 0 unspecified atom stereocenters. The minimum Gasteiger partial charge on any atom is -0.284 e. The molecule has 0 amide bonds. The first-order chi connectivity index (χ1) is 9.00. The molecule has 1 aromatic carbocycles. The van der Waals surface area contributed by atoms with Crippen molar-refractivity contribution >= 4 is 15.9 Å². The lowest BCUT2D eigenvalue weighted by Gasteiger charge is -2.10. The largest absolute Gasteiger partial charge is 0.286 e. The SMILES string of the molecule is Cn1c(C2CC2)c(Br)c(=O)n1-c1ccc(F)cc1F. The number of halogens is 3. The third kappa shape index (κ3) is 1.94. The molecule has 1 heterocycles. The van der Waals surface area contributed by atoms with Crippen LogP contribution in [0.4, 0.5) is 8.78 Å². The van der Waals surface area contributed by atoms with Gasteiger partial charge in [-0.05, 0) is 40.9 Å². The number of hydrogen-bond acceptors (Lipinski definition) is 1. The molecule has 2 aromatic rings. The molecule has 100 valence electrons. The standard InChI is InChI=1S/C13H11BrF2N2O/c1-17-12(7-2-3-7)11(14)13(19)18(17)10-5-4-8(15)6-9(10)16/h4-7H,2-3H2,1H3. The van der Waals surface area contributed by atoms with Gasteiger partial charge in [-0.15, -0.1) is 0 Å². The highest BCUT2D eigenvalue weighted by Crippen LogP contribution is 2.42. The van der Waals surface area contributed by atoms with Crippen molar-refractivity contribution in [2.45, 2.75) is 18.8 Å². The second kappa shape index (κ2) is 4.30. The molecule has 3 nitrogen and oxygen atoms in total. The molecule has 1 aliphatic carbocycles. The Morgan fingerprint density at radius 3 is 2.58 bits per heavy atom. The van der Waals surface area contributed by atoms with Crippen molar-refractivity contribution in [3.63, 3.8) is 0 Å². The first-order valence-corrected chi connectivity index (χ1v) is 6.73. The smallest absolute Gasteiger partial charge is 0.284 e. The summed E-state index contributed by atoms with van der Waals surface area (Å²) in [6.45, 7) is 0. The first kappa shape index (κ1) is 12.6. The molecule has 1 aliphatic rings. The van der Waals surface area contributed by atoms with Gasteiger partial charge in [0.1, 0.15) is 16.0 Å². The molecule has 3 rings (SSSR count). The zero-order valence-electron chi connectivity index (χ0n) is 10.2. The topological polar surface area (TPSA) is 26.9 Å². The summed E-state index contributed by atoms with van der Waals surface area (Å²) in [5, 5.41) is 0. The maximum absolute atomic E-state index is 13.8. The van der Waals surface area contributed by atoms with Crippen LogP contribution >= 0.6 is 15.9 Å². The molecule has 0 spiro atoms. The molecule has 1 saturated carbocycles. The highest BCUT2D eigenvalue weighted by atomic mass is 79.9. The van der Waals surface area contributed by atoms with Gasteiger partial charge in [0.05, 0.1) is 5.69 Å². The lowest BCUT2D eigenvalue weighted by atomic mass is 10.3. The number of rotatable bonds is 2. The van der Waals surface area contributed by atoms with Crippen LogP contribution < -0.4 is 5.56 Å². The van der Waals surface area contributed by atoms with Crippen LogP contribution in [0.25, 0.3) is 5.69 Å². The van der Waals surface area contributed by atoms with Crippen molar-refractivity contribution in [2.75, 3.05) is 0 Å². The fourth-order valence-electron chi connectivity index (χ4n) is 2.31. The minimum absolute atomic E-state index is 0.0569. The predicted octanol–water partition coefficient (Wildman–Crippen LogP) is 3.09. The normalized spacial score (nSPS) is 14.9. The van der Waals surface area contributed by atoms with Gasteiger partial charge >= 0.3 is 0 Å². The van der Waals surface area contributed by atoms with Gasteiger partial charge in [-0.25, -0.2) is 13.5 Å². The Kier molecular flexibility index (Phi) is 2.85. The van der Waals surface area contributed by atoms with Crippen molar-refractivity contribution < 1.29 is 8.78 Å². The van der Waals surface area contributed by atoms with E-state index >= 15 is 0 Å². The summed E-state index contributed by atoms with van der Waals surface area (Å²) < 4.78 is 30.1. The molecular weight excluding hydrogens is 318 g/mol. The number of hydrogen-bond donors (Lipinski definition) is 0. The molecule has 19 heavy (non-hydrogen) atoms. The molecule has 0 saturated heterocycles. The van der Waals surface area contributed by atoms with Crippen LogP contribution in [0, 0.1) is 11.6 Å². The summed E-state index contributed by atoms with van der Waals surface area (Å²) in [5.74, 6) is -1.07. The summed E-state index contributed by atoms with van der Waals surface area (Å²) in [6, 6.07) is 3.19. The van der Waals surface area contributed by atoms with Crippen molar-refractivity contribution in [1.82, 2.24) is 9.36 Å². The molecule has 1 fully saturated rings. The zero-order valence-corrected chi connectivity index (χ0v) is 11.7. The lowest BCUT2D eigenvalue weighted by molar-refractivity contribution is 0.547. The van der Waals surface area contributed by atoms with Crippen molar-refractivity contribution in [3.05, 3.63) is 50.4 Å². The Bertz CT molecular complexity index is 716. The monoisotopic (exact) mass is 328 g/mol. The van der Waals surface area contributed by atoms with E-state index < -0.39 is 11.6 Å². The van der Waals surface area contributed by atoms with Crippen molar-refractivity contribution in [3.8, 4) is 5.69 Å². The average molecular weight is 329 g/mol. The van der Waals surface area contributed by atoms with Crippen LogP contribution in [-0.4, -0.2) is 9.36 Å². The predicted molar refractivity (Wildman–Crippen MR) is 70.6 cm³/mol. The fourth-order valence-corrected chi connectivity index (χ4v) is 3.06. The van der Waals surface area contributed by atoms with E-state index in [0.29, 0.717) is 10.4 Å². The van der Waals surface area contributed by atoms with E-state index in [9.17, 15) is 13.6 Å². The van der Waals surface area contributed by atoms with Gasteiger partial charge < -0.3 is 0 Å². The Balaban J connectivity index is 2.25. The third-order valence-electron chi connectivity index (χ3n) is 3.36. The van der Waals surface area contributed by atoms with Gasteiger partial charge in [0.2, 0.25) is 0 Å². The van der Waals surface area contributed by atoms with Gasteiger partial charge in [0.15, 0.2) is 5.82 Å². The second-order valence-corrected chi connectivity index (χ2v) is 5.50.